The van der Waals surface area contributed by atoms with Crippen molar-refractivity contribution >= 4 is 0 Å². The molecule has 0 saturated carbocycles. The van der Waals surface area contributed by atoms with Gasteiger partial charge in [0, 0.05) is 7.11 Å². The molecule has 5 N–H and O–H groups in total. The first-order valence-corrected chi connectivity index (χ1v) is 7.41. The van der Waals surface area contributed by atoms with E-state index in [1.165, 1.54) is 7.11 Å². The van der Waals surface area contributed by atoms with Crippen LogP contribution in [0.4, 0.5) is 0 Å². The SMILES string of the molecule is CO[C@@H]1O[C@@H]2CO[C@@H](C2O[C@H]2O[C@@H](CO)[C@@H](O)[C@@H](O)[C@@H]2O)[C@@H]1O. The molecule has 0 aromatic carbocycles. The van der Waals surface area contributed by atoms with Crippen molar-refractivity contribution in [2.24, 2.45) is 0 Å². The number of rotatable bonds is 4. The molecule has 0 aromatic heterocycles. The van der Waals surface area contributed by atoms with Crippen molar-refractivity contribution in [1.29, 1.82) is 0 Å². The second kappa shape index (κ2) is 6.84. The fraction of sp³-hybridized carbons (Fsp3) is 1.00. The standard InChI is InChI=1S/C13H22O10/c1-19-12-9(18)11-10(5(22-12)3-20-11)23-13-8(17)7(16)6(15)4(2-14)21-13/h4-18H,2-3H2,1H3/t4-,5+,6+,7+,8-,9-,10?,11+,12+,13+/m0/s1. The van der Waals surface area contributed by atoms with Gasteiger partial charge in [-0.2, -0.15) is 0 Å². The molecule has 10 atom stereocenters. The lowest BCUT2D eigenvalue weighted by atomic mass is 9.98. The molecule has 23 heavy (non-hydrogen) atoms. The van der Waals surface area contributed by atoms with E-state index >= 15 is 0 Å². The van der Waals surface area contributed by atoms with Crippen molar-refractivity contribution in [1.82, 2.24) is 0 Å². The summed E-state index contributed by atoms with van der Waals surface area (Å²) < 4.78 is 26.9. The van der Waals surface area contributed by atoms with Crippen molar-refractivity contribution in [3.63, 3.8) is 0 Å². The smallest absolute Gasteiger partial charge is 0.187 e. The van der Waals surface area contributed by atoms with Crippen LogP contribution in [0, 0.1) is 0 Å². The summed E-state index contributed by atoms with van der Waals surface area (Å²) in [5, 5.41) is 48.8. The largest absolute Gasteiger partial charge is 0.394 e. The topological polar surface area (TPSA) is 147 Å². The van der Waals surface area contributed by atoms with Gasteiger partial charge >= 0.3 is 0 Å². The lowest BCUT2D eigenvalue weighted by molar-refractivity contribution is -0.338. The Kier molecular flexibility index (Phi) is 5.18. The van der Waals surface area contributed by atoms with Crippen LogP contribution in [0.15, 0.2) is 0 Å². The minimum atomic E-state index is -1.54. The Morgan fingerprint density at radius 2 is 1.70 bits per heavy atom. The van der Waals surface area contributed by atoms with Crippen molar-refractivity contribution in [2.45, 2.75) is 61.4 Å². The number of methoxy groups -OCH3 is 1. The fourth-order valence-corrected chi connectivity index (χ4v) is 3.12. The van der Waals surface area contributed by atoms with Crippen LogP contribution >= 0.6 is 0 Å². The predicted octanol–water partition coefficient (Wildman–Crippen LogP) is -3.70. The molecular formula is C13H22O10. The molecule has 3 saturated heterocycles. The summed E-state index contributed by atoms with van der Waals surface area (Å²) in [6.45, 7) is -0.382. The molecule has 0 radical (unpaired) electrons. The number of aliphatic hydroxyl groups is 5. The third-order valence-corrected chi connectivity index (χ3v) is 4.44. The maximum atomic E-state index is 10.1. The first-order valence-electron chi connectivity index (χ1n) is 7.41. The van der Waals surface area contributed by atoms with Gasteiger partial charge in [-0.1, -0.05) is 0 Å². The van der Waals surface area contributed by atoms with Crippen molar-refractivity contribution in [3.05, 3.63) is 0 Å². The molecule has 10 nitrogen and oxygen atoms in total. The van der Waals surface area contributed by atoms with Crippen LogP contribution in [0.1, 0.15) is 0 Å². The summed E-state index contributed by atoms with van der Waals surface area (Å²) in [6, 6.07) is 0. The van der Waals surface area contributed by atoms with Crippen molar-refractivity contribution in [3.8, 4) is 0 Å². The van der Waals surface area contributed by atoms with Gasteiger partial charge in [0.1, 0.15) is 48.8 Å². The van der Waals surface area contributed by atoms with Gasteiger partial charge in [0.2, 0.25) is 0 Å². The van der Waals surface area contributed by atoms with Crippen LogP contribution in [0.2, 0.25) is 0 Å². The Bertz CT molecular complexity index is 406. The van der Waals surface area contributed by atoms with Crippen molar-refractivity contribution < 1.29 is 49.2 Å². The second-order valence-electron chi connectivity index (χ2n) is 5.87. The van der Waals surface area contributed by atoms with Gasteiger partial charge in [-0.05, 0) is 0 Å². The summed E-state index contributed by atoms with van der Waals surface area (Å²) in [7, 11) is 1.39. The highest BCUT2D eigenvalue weighted by molar-refractivity contribution is 4.98. The van der Waals surface area contributed by atoms with Gasteiger partial charge in [-0.15, -0.1) is 0 Å². The Hall–Kier alpha value is -0.400. The van der Waals surface area contributed by atoms with Gasteiger partial charge in [0.05, 0.1) is 13.2 Å². The second-order valence-corrected chi connectivity index (χ2v) is 5.87. The summed E-state index contributed by atoms with van der Waals surface area (Å²) in [4.78, 5) is 0. The quantitative estimate of drug-likeness (QED) is 0.347. The normalized spacial score (nSPS) is 53.5. The third-order valence-electron chi connectivity index (χ3n) is 4.44. The van der Waals surface area contributed by atoms with E-state index in [-0.39, 0.29) is 6.61 Å². The molecular weight excluding hydrogens is 316 g/mol. The van der Waals surface area contributed by atoms with E-state index in [1.54, 1.807) is 0 Å². The monoisotopic (exact) mass is 338 g/mol. The van der Waals surface area contributed by atoms with Crippen LogP contribution in [0.25, 0.3) is 0 Å². The molecule has 2 bridgehead atoms. The zero-order valence-corrected chi connectivity index (χ0v) is 12.5. The van der Waals surface area contributed by atoms with Crippen molar-refractivity contribution in [2.75, 3.05) is 20.3 Å². The molecule has 3 aliphatic heterocycles. The predicted molar refractivity (Wildman–Crippen MR) is 70.1 cm³/mol. The van der Waals surface area contributed by atoms with E-state index in [0.717, 1.165) is 0 Å². The minimum Gasteiger partial charge on any atom is -0.394 e. The Morgan fingerprint density at radius 3 is 2.35 bits per heavy atom. The number of hydrogen-bond donors (Lipinski definition) is 5. The van der Waals surface area contributed by atoms with Gasteiger partial charge in [0.15, 0.2) is 12.6 Å². The molecule has 0 aliphatic carbocycles. The molecule has 10 heteroatoms. The van der Waals surface area contributed by atoms with Gasteiger partial charge in [-0.3, -0.25) is 0 Å². The van der Waals surface area contributed by atoms with Gasteiger partial charge in [0.25, 0.3) is 0 Å². The Balaban J connectivity index is 1.69. The minimum absolute atomic E-state index is 0.170. The fourth-order valence-electron chi connectivity index (χ4n) is 3.12. The lowest BCUT2D eigenvalue weighted by Crippen LogP contribution is -2.62. The average Bonchev–Trinajstić information content (AvgIpc) is 2.86. The molecule has 3 fully saturated rings. The molecule has 1 unspecified atom stereocenters. The Morgan fingerprint density at radius 1 is 0.957 bits per heavy atom. The molecule has 3 heterocycles. The van der Waals surface area contributed by atoms with E-state index < -0.39 is 68.0 Å². The summed E-state index contributed by atoms with van der Waals surface area (Å²) in [6.07, 6.45) is -10.9. The van der Waals surface area contributed by atoms with Gasteiger partial charge in [-0.25, -0.2) is 0 Å². The van der Waals surface area contributed by atoms with Gasteiger partial charge < -0.3 is 49.2 Å². The van der Waals surface area contributed by atoms with E-state index in [1.807, 2.05) is 0 Å². The molecule has 0 aromatic rings. The van der Waals surface area contributed by atoms with Crippen LogP contribution in [0.5, 0.6) is 0 Å². The maximum absolute atomic E-state index is 10.1. The van der Waals surface area contributed by atoms with Crippen LogP contribution in [0.3, 0.4) is 0 Å². The lowest BCUT2D eigenvalue weighted by Gasteiger charge is -2.43. The molecule has 0 amide bonds. The highest BCUT2D eigenvalue weighted by Gasteiger charge is 2.54. The van der Waals surface area contributed by atoms with E-state index in [4.69, 9.17) is 23.7 Å². The molecule has 3 rings (SSSR count). The van der Waals surface area contributed by atoms with E-state index in [9.17, 15) is 25.5 Å². The zero-order chi connectivity index (χ0) is 16.7. The maximum Gasteiger partial charge on any atom is 0.187 e. The molecule has 134 valence electrons. The Labute approximate surface area is 132 Å². The third kappa shape index (κ3) is 3.00. The number of hydrogen-bond acceptors (Lipinski definition) is 10. The highest BCUT2D eigenvalue weighted by atomic mass is 16.8. The van der Waals surface area contributed by atoms with Crippen LogP contribution in [-0.4, -0.2) is 107 Å². The summed E-state index contributed by atoms with van der Waals surface area (Å²) in [5.41, 5.74) is 0. The highest BCUT2D eigenvalue weighted by Crippen LogP contribution is 2.34. The summed E-state index contributed by atoms with van der Waals surface area (Å²) >= 11 is 0. The zero-order valence-electron chi connectivity index (χ0n) is 12.5. The molecule has 0 spiro atoms. The number of fused-ring (bicyclic) bond motifs is 2. The first kappa shape index (κ1) is 17.4. The van der Waals surface area contributed by atoms with Crippen LogP contribution in [-0.2, 0) is 23.7 Å². The average molecular weight is 338 g/mol. The van der Waals surface area contributed by atoms with E-state index in [2.05, 4.69) is 0 Å². The first-order chi connectivity index (χ1) is 11.0. The number of aliphatic hydroxyl groups excluding tert-OH is 5. The van der Waals surface area contributed by atoms with Crippen LogP contribution < -0.4 is 0 Å². The summed E-state index contributed by atoms with van der Waals surface area (Å²) in [5.74, 6) is 0. The number of ether oxygens (including phenoxy) is 5. The van der Waals surface area contributed by atoms with E-state index in [0.29, 0.717) is 0 Å². The molecule has 3 aliphatic rings.